The van der Waals surface area contributed by atoms with Gasteiger partial charge in [0.05, 0.1) is 19.3 Å². The normalized spacial score (nSPS) is 23.1. The fourth-order valence-electron chi connectivity index (χ4n) is 3.00. The van der Waals surface area contributed by atoms with Gasteiger partial charge < -0.3 is 19.9 Å². The van der Waals surface area contributed by atoms with E-state index in [-0.39, 0.29) is 26.1 Å². The molecule has 0 aromatic rings. The van der Waals surface area contributed by atoms with Crippen LogP contribution in [0.3, 0.4) is 0 Å². The number of aliphatic hydroxyl groups is 1. The summed E-state index contributed by atoms with van der Waals surface area (Å²) in [6.07, 6.45) is -0.848. The van der Waals surface area contributed by atoms with Gasteiger partial charge >= 0.3 is 11.9 Å². The van der Waals surface area contributed by atoms with Gasteiger partial charge in [-0.25, -0.2) is 9.59 Å². The first-order valence-electron chi connectivity index (χ1n) is 7.68. The number of ether oxygens (including phenoxy) is 2. The Morgan fingerprint density at radius 2 is 1.79 bits per heavy atom. The zero-order valence-corrected chi connectivity index (χ0v) is 13.9. The maximum absolute atomic E-state index is 12.6. The summed E-state index contributed by atoms with van der Waals surface area (Å²) in [5, 5.41) is 15.8. The van der Waals surface area contributed by atoms with Crippen LogP contribution >= 0.6 is 0 Å². The second-order valence-corrected chi connectivity index (χ2v) is 5.43. The van der Waals surface area contributed by atoms with Gasteiger partial charge in [0, 0.05) is 23.8 Å². The summed E-state index contributed by atoms with van der Waals surface area (Å²) < 4.78 is 9.96. The third-order valence-electron chi connectivity index (χ3n) is 3.83. The van der Waals surface area contributed by atoms with Gasteiger partial charge in [0.15, 0.2) is 0 Å². The second kappa shape index (κ2) is 8.51. The largest absolute Gasteiger partial charge is 0.464 e. The topological polar surface area (TPSA) is 151 Å². The molecule has 1 amide bonds. The van der Waals surface area contributed by atoms with Crippen LogP contribution in [0.25, 0.3) is 10.4 Å². The fraction of sp³-hybridized carbons (Fsp3) is 0.786. The molecule has 0 aromatic heterocycles. The number of hydrogen-bond acceptors (Lipinski definition) is 7. The number of amides is 1. The molecule has 10 nitrogen and oxygen atoms in total. The van der Waals surface area contributed by atoms with Crippen molar-refractivity contribution in [3.63, 3.8) is 0 Å². The zero-order valence-electron chi connectivity index (χ0n) is 13.9. The summed E-state index contributed by atoms with van der Waals surface area (Å²) in [6, 6.07) is -0.870. The van der Waals surface area contributed by atoms with Crippen molar-refractivity contribution in [2.75, 3.05) is 13.2 Å². The van der Waals surface area contributed by atoms with Crippen molar-refractivity contribution in [3.05, 3.63) is 10.4 Å². The molecule has 1 fully saturated rings. The molecule has 24 heavy (non-hydrogen) atoms. The van der Waals surface area contributed by atoms with Crippen LogP contribution < -0.4 is 5.32 Å². The molecule has 0 saturated heterocycles. The Balaban J connectivity index is 3.46. The number of rotatable bonds is 7. The highest BCUT2D eigenvalue weighted by Crippen LogP contribution is 2.38. The summed E-state index contributed by atoms with van der Waals surface area (Å²) in [5.41, 5.74) is 6.55. The molecule has 0 spiro atoms. The van der Waals surface area contributed by atoms with E-state index in [2.05, 4.69) is 15.3 Å². The lowest BCUT2D eigenvalue weighted by molar-refractivity contribution is -0.172. The third kappa shape index (κ3) is 3.95. The van der Waals surface area contributed by atoms with Gasteiger partial charge in [0.2, 0.25) is 11.4 Å². The van der Waals surface area contributed by atoms with Crippen molar-refractivity contribution >= 4 is 17.8 Å². The average molecular weight is 342 g/mol. The molecule has 0 heterocycles. The Bertz CT molecular complexity index is 527. The SMILES string of the molecule is CCOC(=O)C(NC(C)=O)(C(=O)OCC)C1CC(O)CC1N=[N+]=[N-]. The maximum Gasteiger partial charge on any atom is 0.344 e. The smallest absolute Gasteiger partial charge is 0.344 e. The molecular weight excluding hydrogens is 320 g/mol. The molecule has 134 valence electrons. The maximum atomic E-state index is 12.6. The van der Waals surface area contributed by atoms with Gasteiger partial charge in [0.1, 0.15) is 0 Å². The van der Waals surface area contributed by atoms with E-state index < -0.39 is 41.4 Å². The number of esters is 2. The predicted molar refractivity (Wildman–Crippen MR) is 81.5 cm³/mol. The van der Waals surface area contributed by atoms with Gasteiger partial charge in [-0.1, -0.05) is 5.11 Å². The molecule has 0 aromatic carbocycles. The van der Waals surface area contributed by atoms with E-state index in [0.29, 0.717) is 0 Å². The van der Waals surface area contributed by atoms with Crippen molar-refractivity contribution in [2.24, 2.45) is 11.0 Å². The number of carbonyl (C=O) groups is 3. The average Bonchev–Trinajstić information content (AvgIpc) is 2.86. The van der Waals surface area contributed by atoms with Crippen LogP contribution in [0.5, 0.6) is 0 Å². The Hall–Kier alpha value is -2.32. The number of hydrogen-bond donors (Lipinski definition) is 2. The molecule has 3 unspecified atom stereocenters. The molecule has 3 atom stereocenters. The lowest BCUT2D eigenvalue weighted by Gasteiger charge is -2.36. The van der Waals surface area contributed by atoms with Crippen LogP contribution in [0.2, 0.25) is 0 Å². The standard InChI is InChI=1S/C14H22N4O6/c1-4-23-12(21)14(16-8(3)19,13(22)24-5-2)10-6-9(20)7-11(10)17-18-15/h9-11,20H,4-7H2,1-3H3,(H,16,19). The van der Waals surface area contributed by atoms with Crippen molar-refractivity contribution in [1.82, 2.24) is 5.32 Å². The summed E-state index contributed by atoms with van der Waals surface area (Å²) in [4.78, 5) is 39.6. The van der Waals surface area contributed by atoms with Crippen LogP contribution in [0, 0.1) is 5.92 Å². The lowest BCUT2D eigenvalue weighted by atomic mass is 9.79. The highest BCUT2D eigenvalue weighted by atomic mass is 16.6. The van der Waals surface area contributed by atoms with Crippen LogP contribution in [0.1, 0.15) is 33.6 Å². The van der Waals surface area contributed by atoms with Gasteiger partial charge in [-0.05, 0) is 32.2 Å². The van der Waals surface area contributed by atoms with Gasteiger partial charge in [-0.15, -0.1) is 0 Å². The Morgan fingerprint density at radius 3 is 2.21 bits per heavy atom. The minimum absolute atomic E-state index is 0.0262. The highest BCUT2D eigenvalue weighted by Gasteiger charge is 2.60. The van der Waals surface area contributed by atoms with Gasteiger partial charge in [-0.2, -0.15) is 0 Å². The quantitative estimate of drug-likeness (QED) is 0.225. The van der Waals surface area contributed by atoms with Crippen LogP contribution in [-0.4, -0.2) is 53.9 Å². The fourth-order valence-corrected chi connectivity index (χ4v) is 3.00. The van der Waals surface area contributed by atoms with Gasteiger partial charge in [0.25, 0.3) is 0 Å². The van der Waals surface area contributed by atoms with Crippen molar-refractivity contribution in [2.45, 2.75) is 51.3 Å². The molecule has 1 rings (SSSR count). The third-order valence-corrected chi connectivity index (χ3v) is 3.83. The predicted octanol–water partition coefficient (Wildman–Crippen LogP) is 0.437. The first kappa shape index (κ1) is 19.7. The summed E-state index contributed by atoms with van der Waals surface area (Å²) in [7, 11) is 0. The van der Waals surface area contributed by atoms with Crippen LogP contribution in [0.15, 0.2) is 5.11 Å². The van der Waals surface area contributed by atoms with Crippen molar-refractivity contribution < 1.29 is 29.0 Å². The zero-order chi connectivity index (χ0) is 18.3. The number of nitrogens with one attached hydrogen (secondary N) is 1. The molecule has 0 aliphatic heterocycles. The van der Waals surface area contributed by atoms with E-state index in [1.807, 2.05) is 0 Å². The summed E-state index contributed by atoms with van der Waals surface area (Å²) in [6.45, 7) is 4.19. The van der Waals surface area contributed by atoms with Crippen molar-refractivity contribution in [1.29, 1.82) is 0 Å². The highest BCUT2D eigenvalue weighted by molar-refractivity contribution is 6.08. The van der Waals surface area contributed by atoms with Crippen LogP contribution in [-0.2, 0) is 23.9 Å². The van der Waals surface area contributed by atoms with Crippen LogP contribution in [0.4, 0.5) is 0 Å². The molecule has 0 radical (unpaired) electrons. The molecule has 10 heteroatoms. The molecule has 2 N–H and O–H groups in total. The molecule has 1 aliphatic carbocycles. The molecule has 0 bridgehead atoms. The summed E-state index contributed by atoms with van der Waals surface area (Å²) in [5.74, 6) is -3.64. The first-order chi connectivity index (χ1) is 11.3. The Morgan fingerprint density at radius 1 is 1.25 bits per heavy atom. The van der Waals surface area contributed by atoms with E-state index in [1.165, 1.54) is 0 Å². The number of azide groups is 1. The van der Waals surface area contributed by atoms with E-state index in [1.54, 1.807) is 13.8 Å². The van der Waals surface area contributed by atoms with E-state index in [9.17, 15) is 19.5 Å². The van der Waals surface area contributed by atoms with E-state index in [4.69, 9.17) is 15.0 Å². The second-order valence-electron chi connectivity index (χ2n) is 5.43. The van der Waals surface area contributed by atoms with Gasteiger partial charge in [-0.3, -0.25) is 4.79 Å². The number of carbonyl (C=O) groups excluding carboxylic acids is 3. The number of aliphatic hydroxyl groups excluding tert-OH is 1. The molecular formula is C14H22N4O6. The summed E-state index contributed by atoms with van der Waals surface area (Å²) >= 11 is 0. The Kier molecular flexibility index (Phi) is 6.99. The van der Waals surface area contributed by atoms with E-state index in [0.717, 1.165) is 6.92 Å². The number of nitrogens with zero attached hydrogens (tertiary/aromatic N) is 3. The molecule has 1 aliphatic rings. The first-order valence-corrected chi connectivity index (χ1v) is 7.68. The minimum atomic E-state index is -2.17. The lowest BCUT2D eigenvalue weighted by Crippen LogP contribution is -2.66. The Labute approximate surface area is 139 Å². The molecule has 1 saturated carbocycles. The minimum Gasteiger partial charge on any atom is -0.464 e. The van der Waals surface area contributed by atoms with Crippen molar-refractivity contribution in [3.8, 4) is 0 Å². The monoisotopic (exact) mass is 342 g/mol. The van der Waals surface area contributed by atoms with E-state index >= 15 is 0 Å².